The summed E-state index contributed by atoms with van der Waals surface area (Å²) in [6, 6.07) is 3.07. The van der Waals surface area contributed by atoms with Crippen molar-refractivity contribution in [1.82, 2.24) is 10.2 Å². The lowest BCUT2D eigenvalue weighted by atomic mass is 10.4. The van der Waals surface area contributed by atoms with Crippen molar-refractivity contribution in [2.24, 2.45) is 0 Å². The molecule has 6 heteroatoms. The van der Waals surface area contributed by atoms with Crippen LogP contribution < -0.4 is 4.74 Å². The van der Waals surface area contributed by atoms with E-state index in [1.165, 1.54) is 12.1 Å². The summed E-state index contributed by atoms with van der Waals surface area (Å²) in [5, 5.41) is 7.48. The number of esters is 1. The number of hydrogen-bond acceptors (Lipinski definition) is 5. The first kappa shape index (κ1) is 12.7. The highest BCUT2D eigenvalue weighted by molar-refractivity contribution is 6.29. The van der Waals surface area contributed by atoms with Crippen LogP contribution in [-0.4, -0.2) is 29.4 Å². The number of unbranched alkanes of at least 4 members (excludes halogenated alkanes) is 1. The second kappa shape index (κ2) is 7.00. The summed E-state index contributed by atoms with van der Waals surface area (Å²) in [5.74, 6) is -0.165. The molecule has 0 radical (unpaired) electrons. The van der Waals surface area contributed by atoms with Crippen LogP contribution in [0, 0.1) is 0 Å². The number of halogens is 1. The molecule has 1 aromatic heterocycles. The van der Waals surface area contributed by atoms with E-state index in [1.54, 1.807) is 0 Å². The molecule has 0 amide bonds. The summed E-state index contributed by atoms with van der Waals surface area (Å²) in [6.07, 6.45) is 1.84. The maximum absolute atomic E-state index is 11.1. The summed E-state index contributed by atoms with van der Waals surface area (Å²) >= 11 is 5.54. The molecule has 0 aromatic carbocycles. The Balaban J connectivity index is 2.23. The minimum atomic E-state index is -0.412. The third kappa shape index (κ3) is 4.93. The molecule has 0 atom stereocenters. The van der Waals surface area contributed by atoms with Gasteiger partial charge in [-0.05, 0) is 12.5 Å². The van der Waals surface area contributed by atoms with Crippen molar-refractivity contribution in [3.8, 4) is 5.88 Å². The molecule has 1 heterocycles. The Labute approximate surface area is 98.7 Å². The summed E-state index contributed by atoms with van der Waals surface area (Å²) in [4.78, 5) is 11.1. The molecule has 0 aliphatic rings. The zero-order valence-electron chi connectivity index (χ0n) is 8.98. The van der Waals surface area contributed by atoms with Crippen LogP contribution in [0.3, 0.4) is 0 Å². The van der Waals surface area contributed by atoms with E-state index in [0.29, 0.717) is 6.61 Å². The van der Waals surface area contributed by atoms with E-state index in [2.05, 4.69) is 10.2 Å². The van der Waals surface area contributed by atoms with Gasteiger partial charge in [0.05, 0.1) is 6.61 Å². The lowest BCUT2D eigenvalue weighted by molar-refractivity contribution is -0.146. The van der Waals surface area contributed by atoms with Crippen molar-refractivity contribution in [2.45, 2.75) is 19.8 Å². The standard InChI is InChI=1S/C10H13ClN2O3/c1-2-3-6-15-10(14)7-16-9-5-4-8(11)12-13-9/h4-5H,2-3,6-7H2,1H3. The minimum absolute atomic E-state index is 0.167. The van der Waals surface area contributed by atoms with Crippen LogP contribution in [0.15, 0.2) is 12.1 Å². The SMILES string of the molecule is CCCCOC(=O)COc1ccc(Cl)nn1. The fourth-order valence-corrected chi connectivity index (χ4v) is 0.986. The number of ether oxygens (including phenoxy) is 2. The van der Waals surface area contributed by atoms with Crippen LogP contribution in [-0.2, 0) is 9.53 Å². The Morgan fingerprint density at radius 2 is 2.25 bits per heavy atom. The van der Waals surface area contributed by atoms with Gasteiger partial charge in [-0.1, -0.05) is 24.9 Å². The van der Waals surface area contributed by atoms with Gasteiger partial charge in [0.15, 0.2) is 11.8 Å². The Hall–Kier alpha value is -1.36. The third-order valence-corrected chi connectivity index (χ3v) is 1.91. The molecule has 5 nitrogen and oxygen atoms in total. The Morgan fingerprint density at radius 3 is 2.88 bits per heavy atom. The van der Waals surface area contributed by atoms with E-state index in [1.807, 2.05) is 6.92 Å². The summed E-state index contributed by atoms with van der Waals surface area (Å²) in [7, 11) is 0. The van der Waals surface area contributed by atoms with Crippen molar-refractivity contribution >= 4 is 17.6 Å². The van der Waals surface area contributed by atoms with Gasteiger partial charge in [-0.25, -0.2) is 4.79 Å². The Morgan fingerprint density at radius 1 is 1.44 bits per heavy atom. The average Bonchev–Trinajstić information content (AvgIpc) is 2.29. The van der Waals surface area contributed by atoms with Gasteiger partial charge in [-0.2, -0.15) is 0 Å². The number of aromatic nitrogens is 2. The maximum atomic E-state index is 11.1. The maximum Gasteiger partial charge on any atom is 0.344 e. The predicted octanol–water partition coefficient (Wildman–Crippen LogP) is 1.85. The zero-order valence-corrected chi connectivity index (χ0v) is 9.74. The van der Waals surface area contributed by atoms with Crippen LogP contribution in [0.25, 0.3) is 0 Å². The van der Waals surface area contributed by atoms with Crippen molar-refractivity contribution in [1.29, 1.82) is 0 Å². The fraction of sp³-hybridized carbons (Fsp3) is 0.500. The van der Waals surface area contributed by atoms with Crippen molar-refractivity contribution in [2.75, 3.05) is 13.2 Å². The first-order chi connectivity index (χ1) is 7.72. The molecule has 0 aliphatic heterocycles. The van der Waals surface area contributed by atoms with E-state index in [9.17, 15) is 4.79 Å². The molecule has 0 saturated carbocycles. The molecule has 0 spiro atoms. The molecular formula is C10H13ClN2O3. The summed E-state index contributed by atoms with van der Waals surface area (Å²) in [6.45, 7) is 2.28. The van der Waals surface area contributed by atoms with Gasteiger partial charge in [0.25, 0.3) is 0 Å². The molecule has 0 fully saturated rings. The van der Waals surface area contributed by atoms with Crippen LogP contribution in [0.5, 0.6) is 5.88 Å². The predicted molar refractivity (Wildman–Crippen MR) is 58.4 cm³/mol. The van der Waals surface area contributed by atoms with E-state index in [-0.39, 0.29) is 17.6 Å². The Kier molecular flexibility index (Phi) is 5.56. The zero-order chi connectivity index (χ0) is 11.8. The minimum Gasteiger partial charge on any atom is -0.465 e. The highest BCUT2D eigenvalue weighted by Gasteiger charge is 2.04. The van der Waals surface area contributed by atoms with Crippen molar-refractivity contribution in [3.05, 3.63) is 17.3 Å². The smallest absolute Gasteiger partial charge is 0.344 e. The molecule has 0 bridgehead atoms. The second-order valence-electron chi connectivity index (χ2n) is 3.06. The first-order valence-corrected chi connectivity index (χ1v) is 5.38. The van der Waals surface area contributed by atoms with Crippen LogP contribution in [0.4, 0.5) is 0 Å². The van der Waals surface area contributed by atoms with E-state index >= 15 is 0 Å². The van der Waals surface area contributed by atoms with Crippen LogP contribution in [0.2, 0.25) is 5.15 Å². The fourth-order valence-electron chi connectivity index (χ4n) is 0.886. The van der Waals surface area contributed by atoms with Gasteiger partial charge >= 0.3 is 5.97 Å². The van der Waals surface area contributed by atoms with E-state index in [4.69, 9.17) is 21.1 Å². The van der Waals surface area contributed by atoms with Gasteiger partial charge < -0.3 is 9.47 Å². The van der Waals surface area contributed by atoms with E-state index in [0.717, 1.165) is 12.8 Å². The monoisotopic (exact) mass is 244 g/mol. The molecular weight excluding hydrogens is 232 g/mol. The largest absolute Gasteiger partial charge is 0.465 e. The van der Waals surface area contributed by atoms with Crippen molar-refractivity contribution < 1.29 is 14.3 Å². The number of rotatable bonds is 6. The van der Waals surface area contributed by atoms with Gasteiger partial charge in [0.1, 0.15) is 0 Å². The molecule has 0 N–H and O–H groups in total. The number of carbonyl (C=O) groups is 1. The van der Waals surface area contributed by atoms with Gasteiger partial charge in [0, 0.05) is 6.07 Å². The molecule has 0 saturated heterocycles. The first-order valence-electron chi connectivity index (χ1n) is 5.00. The second-order valence-corrected chi connectivity index (χ2v) is 3.44. The highest BCUT2D eigenvalue weighted by Crippen LogP contribution is 2.07. The van der Waals surface area contributed by atoms with Gasteiger partial charge in [-0.3, -0.25) is 0 Å². The number of hydrogen-bond donors (Lipinski definition) is 0. The summed E-state index contributed by atoms with van der Waals surface area (Å²) < 4.78 is 9.94. The number of carbonyl (C=O) groups excluding carboxylic acids is 1. The van der Waals surface area contributed by atoms with Gasteiger partial charge in [-0.15, -0.1) is 10.2 Å². The van der Waals surface area contributed by atoms with E-state index < -0.39 is 5.97 Å². The molecule has 0 aliphatic carbocycles. The lowest BCUT2D eigenvalue weighted by Gasteiger charge is -2.05. The molecule has 88 valence electrons. The van der Waals surface area contributed by atoms with Gasteiger partial charge in [0.2, 0.25) is 5.88 Å². The van der Waals surface area contributed by atoms with Crippen LogP contribution >= 0.6 is 11.6 Å². The topological polar surface area (TPSA) is 61.3 Å². The molecule has 1 aromatic rings. The molecule has 0 unspecified atom stereocenters. The number of nitrogens with zero attached hydrogens (tertiary/aromatic N) is 2. The quantitative estimate of drug-likeness (QED) is 0.565. The van der Waals surface area contributed by atoms with Crippen molar-refractivity contribution in [3.63, 3.8) is 0 Å². The normalized spacial score (nSPS) is 9.88. The molecule has 1 rings (SSSR count). The lowest BCUT2D eigenvalue weighted by Crippen LogP contribution is -2.16. The summed E-state index contributed by atoms with van der Waals surface area (Å²) in [5.41, 5.74) is 0. The van der Waals surface area contributed by atoms with Crippen LogP contribution in [0.1, 0.15) is 19.8 Å². The Bertz CT molecular complexity index is 329. The average molecular weight is 245 g/mol. The third-order valence-electron chi connectivity index (χ3n) is 1.71. The molecule has 16 heavy (non-hydrogen) atoms. The highest BCUT2D eigenvalue weighted by atomic mass is 35.5.